The molecule has 1 aliphatic heterocycles. The first-order chi connectivity index (χ1) is 7.95. The molecule has 0 radical (unpaired) electrons. The van der Waals surface area contributed by atoms with Crippen molar-refractivity contribution in [2.75, 3.05) is 26.2 Å². The van der Waals surface area contributed by atoms with Gasteiger partial charge < -0.3 is 5.32 Å². The van der Waals surface area contributed by atoms with Crippen LogP contribution in [0.2, 0.25) is 0 Å². The van der Waals surface area contributed by atoms with Crippen LogP contribution < -0.4 is 5.32 Å². The molecule has 100 valence electrons. The third-order valence-electron chi connectivity index (χ3n) is 3.82. The summed E-state index contributed by atoms with van der Waals surface area (Å²) >= 11 is 0. The van der Waals surface area contributed by atoms with E-state index in [0.29, 0.717) is 11.5 Å². The fourth-order valence-electron chi connectivity index (χ4n) is 2.44. The Morgan fingerprint density at radius 1 is 1.41 bits per heavy atom. The van der Waals surface area contributed by atoms with Crippen LogP contribution in [0.3, 0.4) is 0 Å². The Labute approximate surface area is 107 Å². The number of rotatable bonds is 5. The van der Waals surface area contributed by atoms with Gasteiger partial charge in [0, 0.05) is 19.1 Å². The second kappa shape index (κ2) is 6.55. The van der Waals surface area contributed by atoms with Crippen molar-refractivity contribution in [2.24, 2.45) is 5.41 Å². The number of hydrogen-bond donors (Lipinski definition) is 1. The lowest BCUT2D eigenvalue weighted by molar-refractivity contribution is 0.206. The lowest BCUT2D eigenvalue weighted by atomic mass is 9.83. The minimum Gasteiger partial charge on any atom is -0.317 e. The molecule has 0 aromatic carbocycles. The molecule has 0 spiro atoms. The highest BCUT2D eigenvalue weighted by Gasteiger charge is 2.23. The Kier molecular flexibility index (Phi) is 5.68. The van der Waals surface area contributed by atoms with Gasteiger partial charge in [-0.2, -0.15) is 0 Å². The van der Waals surface area contributed by atoms with E-state index in [0.717, 1.165) is 19.6 Å². The van der Waals surface area contributed by atoms with Crippen LogP contribution >= 0.6 is 0 Å². The summed E-state index contributed by atoms with van der Waals surface area (Å²) in [6, 6.07) is 0.701. The zero-order valence-corrected chi connectivity index (χ0v) is 12.3. The molecule has 1 heterocycles. The van der Waals surface area contributed by atoms with Gasteiger partial charge in [0.05, 0.1) is 0 Å². The van der Waals surface area contributed by atoms with Gasteiger partial charge in [-0.3, -0.25) is 4.90 Å². The Morgan fingerprint density at radius 3 is 2.59 bits per heavy atom. The lowest BCUT2D eigenvalue weighted by Gasteiger charge is -2.35. The number of nitrogens with one attached hydrogen (secondary N) is 1. The fourth-order valence-corrected chi connectivity index (χ4v) is 2.44. The molecule has 0 aromatic heterocycles. The molecule has 0 saturated heterocycles. The van der Waals surface area contributed by atoms with Gasteiger partial charge >= 0.3 is 0 Å². The van der Waals surface area contributed by atoms with Crippen molar-refractivity contribution in [2.45, 2.75) is 53.5 Å². The molecule has 0 fully saturated rings. The van der Waals surface area contributed by atoms with Crippen LogP contribution in [-0.4, -0.2) is 37.1 Å². The third kappa shape index (κ3) is 4.81. The van der Waals surface area contributed by atoms with E-state index in [4.69, 9.17) is 0 Å². The van der Waals surface area contributed by atoms with Gasteiger partial charge in [-0.05, 0) is 38.3 Å². The van der Waals surface area contributed by atoms with Gasteiger partial charge in [-0.1, -0.05) is 39.3 Å². The maximum Gasteiger partial charge on any atom is 0.0168 e. The molecule has 0 aliphatic carbocycles. The predicted octanol–water partition coefficient (Wildman–Crippen LogP) is 3.05. The normalized spacial score (nSPS) is 20.2. The molecule has 1 atom stereocenters. The quantitative estimate of drug-likeness (QED) is 0.585. The van der Waals surface area contributed by atoms with Crippen LogP contribution in [0.15, 0.2) is 11.6 Å². The number of nitrogens with zero attached hydrogens (tertiary/aromatic N) is 1. The SMILES string of the molecule is CCNCCC(C)N1CC=C(C(C)(C)C)CC1. The van der Waals surface area contributed by atoms with Crippen molar-refractivity contribution in [3.63, 3.8) is 0 Å². The van der Waals surface area contributed by atoms with E-state index in [1.807, 2.05) is 0 Å². The van der Waals surface area contributed by atoms with Gasteiger partial charge in [0.1, 0.15) is 0 Å². The van der Waals surface area contributed by atoms with Gasteiger partial charge in [0.15, 0.2) is 0 Å². The Balaban J connectivity index is 2.38. The molecule has 0 bridgehead atoms. The van der Waals surface area contributed by atoms with Gasteiger partial charge in [-0.25, -0.2) is 0 Å². The molecule has 0 aromatic rings. The summed E-state index contributed by atoms with van der Waals surface area (Å²) in [5.41, 5.74) is 1.99. The summed E-state index contributed by atoms with van der Waals surface area (Å²) in [7, 11) is 0. The van der Waals surface area contributed by atoms with Crippen molar-refractivity contribution >= 4 is 0 Å². The molecule has 1 rings (SSSR count). The molecule has 17 heavy (non-hydrogen) atoms. The molecule has 1 aliphatic rings. The smallest absolute Gasteiger partial charge is 0.0168 e. The van der Waals surface area contributed by atoms with E-state index in [-0.39, 0.29) is 0 Å². The van der Waals surface area contributed by atoms with E-state index in [1.165, 1.54) is 19.4 Å². The van der Waals surface area contributed by atoms with E-state index in [9.17, 15) is 0 Å². The highest BCUT2D eigenvalue weighted by molar-refractivity contribution is 5.14. The third-order valence-corrected chi connectivity index (χ3v) is 3.82. The van der Waals surface area contributed by atoms with E-state index >= 15 is 0 Å². The van der Waals surface area contributed by atoms with E-state index in [2.05, 4.69) is 50.9 Å². The van der Waals surface area contributed by atoms with E-state index in [1.54, 1.807) is 5.57 Å². The molecular weight excluding hydrogens is 208 g/mol. The zero-order valence-electron chi connectivity index (χ0n) is 12.3. The summed E-state index contributed by atoms with van der Waals surface area (Å²) in [6.07, 6.45) is 4.95. The maximum absolute atomic E-state index is 3.41. The average Bonchev–Trinajstić information content (AvgIpc) is 2.28. The Bertz CT molecular complexity index is 250. The predicted molar refractivity (Wildman–Crippen MR) is 76.4 cm³/mol. The second-order valence-electron chi connectivity index (χ2n) is 6.22. The molecule has 1 N–H and O–H groups in total. The highest BCUT2D eigenvalue weighted by atomic mass is 15.1. The topological polar surface area (TPSA) is 15.3 Å². The fraction of sp³-hybridized carbons (Fsp3) is 0.867. The molecule has 2 nitrogen and oxygen atoms in total. The summed E-state index contributed by atoms with van der Waals surface area (Å²) in [5, 5.41) is 3.41. The Morgan fingerprint density at radius 2 is 2.12 bits per heavy atom. The van der Waals surface area contributed by atoms with Crippen molar-refractivity contribution in [1.82, 2.24) is 10.2 Å². The zero-order chi connectivity index (χ0) is 12.9. The van der Waals surface area contributed by atoms with Crippen molar-refractivity contribution in [3.05, 3.63) is 11.6 Å². The van der Waals surface area contributed by atoms with E-state index < -0.39 is 0 Å². The lowest BCUT2D eigenvalue weighted by Crippen LogP contribution is -2.39. The standard InChI is InChI=1S/C15H30N2/c1-6-16-10-7-13(2)17-11-8-14(9-12-17)15(3,4)5/h8,13,16H,6-7,9-12H2,1-5H3. The first-order valence-corrected chi connectivity index (χ1v) is 7.09. The molecule has 0 amide bonds. The van der Waals surface area contributed by atoms with Gasteiger partial charge in [0.2, 0.25) is 0 Å². The monoisotopic (exact) mass is 238 g/mol. The summed E-state index contributed by atoms with van der Waals surface area (Å²) in [5.74, 6) is 0. The average molecular weight is 238 g/mol. The largest absolute Gasteiger partial charge is 0.317 e. The van der Waals surface area contributed by atoms with Crippen molar-refractivity contribution in [1.29, 1.82) is 0 Å². The van der Waals surface area contributed by atoms with Crippen molar-refractivity contribution in [3.8, 4) is 0 Å². The summed E-state index contributed by atoms with van der Waals surface area (Å²) < 4.78 is 0. The molecule has 2 heteroatoms. The molecular formula is C15H30N2. The maximum atomic E-state index is 3.41. The van der Waals surface area contributed by atoms with Crippen LogP contribution in [0.1, 0.15) is 47.5 Å². The van der Waals surface area contributed by atoms with Crippen LogP contribution in [-0.2, 0) is 0 Å². The van der Waals surface area contributed by atoms with Crippen LogP contribution in [0.25, 0.3) is 0 Å². The second-order valence-corrected chi connectivity index (χ2v) is 6.22. The van der Waals surface area contributed by atoms with Crippen LogP contribution in [0.5, 0.6) is 0 Å². The van der Waals surface area contributed by atoms with Crippen LogP contribution in [0, 0.1) is 5.41 Å². The minimum atomic E-state index is 0.360. The van der Waals surface area contributed by atoms with Gasteiger partial charge in [0.25, 0.3) is 0 Å². The van der Waals surface area contributed by atoms with Crippen molar-refractivity contribution < 1.29 is 0 Å². The highest BCUT2D eigenvalue weighted by Crippen LogP contribution is 2.30. The molecule has 0 saturated carbocycles. The minimum absolute atomic E-state index is 0.360. The summed E-state index contributed by atoms with van der Waals surface area (Å²) in [4.78, 5) is 2.60. The molecule has 1 unspecified atom stereocenters. The first-order valence-electron chi connectivity index (χ1n) is 7.09. The Hall–Kier alpha value is -0.340. The van der Waals surface area contributed by atoms with Gasteiger partial charge in [-0.15, -0.1) is 0 Å². The first kappa shape index (κ1) is 14.7. The van der Waals surface area contributed by atoms with Crippen LogP contribution in [0.4, 0.5) is 0 Å². The summed E-state index contributed by atoms with van der Waals surface area (Å²) in [6.45, 7) is 16.1. The number of hydrogen-bond acceptors (Lipinski definition) is 2.